The molecule has 0 radical (unpaired) electrons. The number of quaternary nitrogens is 1. The summed E-state index contributed by atoms with van der Waals surface area (Å²) in [7, 11) is 4.79. The van der Waals surface area contributed by atoms with Crippen LogP contribution in [0.1, 0.15) is 58.6 Å². The number of anilines is 1. The van der Waals surface area contributed by atoms with Crippen LogP contribution in [-0.4, -0.2) is 42.2 Å². The second-order valence-electron chi connectivity index (χ2n) is 9.46. The van der Waals surface area contributed by atoms with Gasteiger partial charge in [0.1, 0.15) is 0 Å². The molecule has 0 amide bonds. The Hall–Kier alpha value is -0.290. The monoisotopic (exact) mass is 443 g/mol. The molecule has 2 nitrogen and oxygen atoms in total. The normalized spacial score (nSPS) is 21.2. The van der Waals surface area contributed by atoms with Crippen LogP contribution >= 0.6 is 22.6 Å². The summed E-state index contributed by atoms with van der Waals surface area (Å²) in [6.45, 7) is 17.8. The third kappa shape index (κ3) is 3.48. The molecular formula is C21H36IN2+. The first-order valence-corrected chi connectivity index (χ1v) is 10.3. The average Bonchev–Trinajstić information content (AvgIpc) is 2.44. The summed E-state index contributed by atoms with van der Waals surface area (Å²) < 4.78 is 2.49. The molecular weight excluding hydrogens is 407 g/mol. The Labute approximate surface area is 163 Å². The first-order valence-electron chi connectivity index (χ1n) is 9.22. The minimum Gasteiger partial charge on any atom is -0.360 e. The van der Waals surface area contributed by atoms with Crippen LogP contribution in [0, 0.1) is 17.4 Å². The molecule has 0 atom stereocenters. The summed E-state index contributed by atoms with van der Waals surface area (Å²) in [6.07, 6.45) is 2.47. The molecule has 24 heavy (non-hydrogen) atoms. The number of halogens is 1. The molecule has 0 N–H and O–H groups in total. The van der Waals surface area contributed by atoms with Gasteiger partial charge in [-0.15, -0.1) is 0 Å². The molecule has 136 valence electrons. The van der Waals surface area contributed by atoms with Crippen molar-refractivity contribution in [2.45, 2.75) is 78.4 Å². The first kappa shape index (κ1) is 20.0. The van der Waals surface area contributed by atoms with E-state index in [0.717, 1.165) is 4.48 Å². The van der Waals surface area contributed by atoms with Crippen LogP contribution in [0.25, 0.3) is 0 Å². The predicted molar refractivity (Wildman–Crippen MR) is 115 cm³/mol. The third-order valence-electron chi connectivity index (χ3n) is 6.36. The van der Waals surface area contributed by atoms with Crippen LogP contribution in [0.4, 0.5) is 5.69 Å². The Bertz CT molecular complexity index is 599. The summed E-state index contributed by atoms with van der Waals surface area (Å²) in [5, 5.41) is 0. The molecule has 1 saturated heterocycles. The lowest BCUT2D eigenvalue weighted by atomic mass is 9.75. The lowest BCUT2D eigenvalue weighted by Gasteiger charge is -2.59. The van der Waals surface area contributed by atoms with E-state index in [0.29, 0.717) is 6.04 Å². The summed E-state index contributed by atoms with van der Waals surface area (Å²) in [4.78, 5) is 2.73. The standard InChI is InChI=1S/C21H36IN2/c1-10-24(8,9)17-13-20(4,5)23(21(6,7)14-17)19-16(3)15(2)11-12-18(19)22/h11-12,17H,10,13-14H2,1-9H3/q+1. The number of piperidine rings is 1. The molecule has 1 fully saturated rings. The highest BCUT2D eigenvalue weighted by Crippen LogP contribution is 2.47. The fraction of sp³-hybridized carbons (Fsp3) is 0.714. The molecule has 0 saturated carbocycles. The van der Waals surface area contributed by atoms with Gasteiger partial charge in [0.2, 0.25) is 0 Å². The van der Waals surface area contributed by atoms with Gasteiger partial charge in [-0.05, 0) is 88.3 Å². The Kier molecular flexibility index (Phi) is 5.39. The van der Waals surface area contributed by atoms with Crippen LogP contribution in [0.15, 0.2) is 12.1 Å². The average molecular weight is 443 g/mol. The molecule has 2 rings (SSSR count). The van der Waals surface area contributed by atoms with Crippen LogP contribution in [0.2, 0.25) is 0 Å². The summed E-state index contributed by atoms with van der Waals surface area (Å²) >= 11 is 2.52. The van der Waals surface area contributed by atoms with E-state index in [2.05, 4.69) is 102 Å². The molecule has 1 aliphatic rings. The van der Waals surface area contributed by atoms with E-state index >= 15 is 0 Å². The quantitative estimate of drug-likeness (QED) is 0.439. The smallest absolute Gasteiger partial charge is 0.0931 e. The van der Waals surface area contributed by atoms with E-state index in [1.807, 2.05) is 0 Å². The van der Waals surface area contributed by atoms with Gasteiger partial charge in [0.25, 0.3) is 0 Å². The molecule has 0 unspecified atom stereocenters. The van der Waals surface area contributed by atoms with Crippen molar-refractivity contribution >= 4 is 28.3 Å². The molecule has 1 aromatic carbocycles. The SMILES string of the molecule is CC[N+](C)(C)C1CC(C)(C)N(c2c(I)ccc(C)c2C)C(C)(C)C1. The zero-order valence-electron chi connectivity index (χ0n) is 17.1. The molecule has 0 aliphatic carbocycles. The fourth-order valence-electron chi connectivity index (χ4n) is 4.63. The molecule has 0 spiro atoms. The van der Waals surface area contributed by atoms with Crippen LogP contribution in [-0.2, 0) is 0 Å². The molecule has 0 aromatic heterocycles. The minimum absolute atomic E-state index is 0.148. The van der Waals surface area contributed by atoms with E-state index in [9.17, 15) is 0 Å². The van der Waals surface area contributed by atoms with Crippen molar-refractivity contribution in [2.24, 2.45) is 0 Å². The van der Waals surface area contributed by atoms with Crippen LogP contribution in [0.3, 0.4) is 0 Å². The van der Waals surface area contributed by atoms with Crippen molar-refractivity contribution in [3.8, 4) is 0 Å². The van der Waals surface area contributed by atoms with Crippen molar-refractivity contribution in [1.29, 1.82) is 0 Å². The van der Waals surface area contributed by atoms with Gasteiger partial charge in [0.05, 0.1) is 32.4 Å². The highest BCUT2D eigenvalue weighted by atomic mass is 127. The molecule has 0 bridgehead atoms. The van der Waals surface area contributed by atoms with Crippen LogP contribution < -0.4 is 4.90 Å². The summed E-state index contributed by atoms with van der Waals surface area (Å²) in [5.74, 6) is 0. The van der Waals surface area contributed by atoms with E-state index in [-0.39, 0.29) is 11.1 Å². The molecule has 1 heterocycles. The third-order valence-corrected chi connectivity index (χ3v) is 7.23. The Morgan fingerprint density at radius 1 is 1.08 bits per heavy atom. The number of rotatable bonds is 3. The van der Waals surface area contributed by atoms with Gasteiger partial charge in [0.15, 0.2) is 0 Å². The van der Waals surface area contributed by atoms with Crippen molar-refractivity contribution in [3.63, 3.8) is 0 Å². The lowest BCUT2D eigenvalue weighted by molar-refractivity contribution is -0.915. The van der Waals surface area contributed by atoms with E-state index in [1.54, 1.807) is 0 Å². The Balaban J connectivity index is 2.55. The number of hydrogen-bond acceptors (Lipinski definition) is 1. The van der Waals surface area contributed by atoms with Gasteiger partial charge in [-0.2, -0.15) is 0 Å². The first-order chi connectivity index (χ1) is 10.8. The zero-order valence-corrected chi connectivity index (χ0v) is 19.3. The van der Waals surface area contributed by atoms with Gasteiger partial charge in [-0.25, -0.2) is 0 Å². The maximum absolute atomic E-state index is 2.73. The van der Waals surface area contributed by atoms with E-state index in [4.69, 9.17) is 0 Å². The van der Waals surface area contributed by atoms with Crippen molar-refractivity contribution < 1.29 is 4.48 Å². The Morgan fingerprint density at radius 2 is 1.58 bits per heavy atom. The van der Waals surface area contributed by atoms with E-state index in [1.165, 1.54) is 39.8 Å². The zero-order chi connectivity index (χ0) is 18.5. The second kappa shape index (κ2) is 6.46. The highest BCUT2D eigenvalue weighted by molar-refractivity contribution is 14.1. The van der Waals surface area contributed by atoms with Crippen molar-refractivity contribution in [3.05, 3.63) is 26.8 Å². The lowest BCUT2D eigenvalue weighted by Crippen LogP contribution is -2.67. The van der Waals surface area contributed by atoms with Crippen molar-refractivity contribution in [1.82, 2.24) is 0 Å². The van der Waals surface area contributed by atoms with Gasteiger partial charge in [0, 0.05) is 27.5 Å². The fourth-order valence-corrected chi connectivity index (χ4v) is 5.45. The van der Waals surface area contributed by atoms with Gasteiger partial charge in [-0.1, -0.05) is 6.07 Å². The highest BCUT2D eigenvalue weighted by Gasteiger charge is 2.50. The maximum atomic E-state index is 2.73. The number of benzene rings is 1. The molecule has 1 aliphatic heterocycles. The van der Waals surface area contributed by atoms with E-state index < -0.39 is 0 Å². The predicted octanol–water partition coefficient (Wildman–Crippen LogP) is 5.53. The molecule has 1 aromatic rings. The summed E-state index contributed by atoms with van der Waals surface area (Å²) in [5.41, 5.74) is 4.57. The number of aryl methyl sites for hydroxylation is 1. The summed E-state index contributed by atoms with van der Waals surface area (Å²) in [6, 6.07) is 5.24. The van der Waals surface area contributed by atoms with Gasteiger partial charge >= 0.3 is 0 Å². The second-order valence-corrected chi connectivity index (χ2v) is 10.6. The Morgan fingerprint density at radius 3 is 2.04 bits per heavy atom. The van der Waals surface area contributed by atoms with Crippen LogP contribution in [0.5, 0.6) is 0 Å². The van der Waals surface area contributed by atoms with Gasteiger partial charge < -0.3 is 9.38 Å². The largest absolute Gasteiger partial charge is 0.360 e. The molecule has 3 heteroatoms. The van der Waals surface area contributed by atoms with Gasteiger partial charge in [-0.3, -0.25) is 0 Å². The topological polar surface area (TPSA) is 3.24 Å². The number of hydrogen-bond donors (Lipinski definition) is 0. The van der Waals surface area contributed by atoms with Crippen molar-refractivity contribution in [2.75, 3.05) is 25.5 Å². The number of nitrogens with zero attached hydrogens (tertiary/aromatic N) is 2. The maximum Gasteiger partial charge on any atom is 0.0931 e. The minimum atomic E-state index is 0.148.